The highest BCUT2D eigenvalue weighted by molar-refractivity contribution is 8.06. The zero-order valence-electron chi connectivity index (χ0n) is 10.1. The van der Waals surface area contributed by atoms with Crippen molar-refractivity contribution in [3.8, 4) is 0 Å². The highest BCUT2D eigenvalue weighted by Crippen LogP contribution is 2.48. The van der Waals surface area contributed by atoms with Crippen LogP contribution in [0.5, 0.6) is 0 Å². The van der Waals surface area contributed by atoms with E-state index in [1.807, 2.05) is 23.5 Å². The second kappa shape index (κ2) is 5.06. The molecule has 1 aliphatic heterocycles. The molecule has 3 rings (SSSR count). The molecule has 0 radical (unpaired) electrons. The second-order valence-electron chi connectivity index (χ2n) is 4.71. The van der Waals surface area contributed by atoms with Gasteiger partial charge in [-0.1, -0.05) is 6.92 Å². The summed E-state index contributed by atoms with van der Waals surface area (Å²) in [5, 5.41) is 11.2. The molecule has 1 aromatic heterocycles. The van der Waals surface area contributed by atoms with Crippen molar-refractivity contribution in [2.75, 3.05) is 11.5 Å². The summed E-state index contributed by atoms with van der Waals surface area (Å²) >= 11 is 5.29. The van der Waals surface area contributed by atoms with Crippen LogP contribution in [0.15, 0.2) is 0 Å². The zero-order valence-corrected chi connectivity index (χ0v) is 12.5. The third-order valence-corrected chi connectivity index (χ3v) is 7.65. The normalized spacial score (nSPS) is 28.3. The van der Waals surface area contributed by atoms with Gasteiger partial charge in [0.1, 0.15) is 9.88 Å². The Bertz CT molecular complexity index is 470. The van der Waals surface area contributed by atoms with Crippen LogP contribution < -0.4 is 0 Å². The minimum absolute atomic E-state index is 0.374. The number of aromatic carboxylic acids is 1. The molecule has 18 heavy (non-hydrogen) atoms. The minimum Gasteiger partial charge on any atom is -0.477 e. The van der Waals surface area contributed by atoms with Crippen LogP contribution in [0.3, 0.4) is 0 Å². The molecule has 1 aromatic rings. The monoisotopic (exact) mass is 301 g/mol. The maximum atomic E-state index is 11.3. The molecule has 6 heteroatoms. The fourth-order valence-electron chi connectivity index (χ4n) is 2.16. The van der Waals surface area contributed by atoms with Crippen molar-refractivity contribution < 1.29 is 9.90 Å². The van der Waals surface area contributed by atoms with Crippen LogP contribution in [0.1, 0.15) is 51.3 Å². The van der Waals surface area contributed by atoms with Crippen LogP contribution in [-0.4, -0.2) is 32.8 Å². The van der Waals surface area contributed by atoms with Crippen molar-refractivity contribution in [3.05, 3.63) is 15.6 Å². The molecule has 2 aliphatic rings. The lowest BCUT2D eigenvalue weighted by molar-refractivity contribution is 0.0700. The van der Waals surface area contributed by atoms with Crippen molar-refractivity contribution in [1.29, 1.82) is 0 Å². The zero-order chi connectivity index (χ0) is 12.7. The van der Waals surface area contributed by atoms with E-state index in [2.05, 4.69) is 11.9 Å². The lowest BCUT2D eigenvalue weighted by Gasteiger charge is -2.25. The SMILES string of the molecule is CC1SCCSC1c1nc(C2CC2)c(C(=O)O)s1. The molecule has 2 unspecified atom stereocenters. The van der Waals surface area contributed by atoms with E-state index in [0.717, 1.165) is 29.3 Å². The summed E-state index contributed by atoms with van der Waals surface area (Å²) in [6.07, 6.45) is 2.21. The average Bonchev–Trinajstić information content (AvgIpc) is 3.09. The summed E-state index contributed by atoms with van der Waals surface area (Å²) in [5.41, 5.74) is 0.853. The van der Waals surface area contributed by atoms with E-state index in [1.54, 1.807) is 0 Å². The fourth-order valence-corrected chi connectivity index (χ4v) is 6.31. The standard InChI is InChI=1S/C12H15NO2S3/c1-6-9(17-5-4-16-6)11-13-8(7-2-3-7)10(18-11)12(14)15/h6-7,9H,2-5H2,1H3,(H,14,15). The Morgan fingerprint density at radius 2 is 2.06 bits per heavy atom. The van der Waals surface area contributed by atoms with Gasteiger partial charge in [-0.2, -0.15) is 11.8 Å². The summed E-state index contributed by atoms with van der Waals surface area (Å²) in [6, 6.07) is 0. The molecule has 1 N–H and O–H groups in total. The topological polar surface area (TPSA) is 50.2 Å². The van der Waals surface area contributed by atoms with Crippen molar-refractivity contribution in [2.45, 2.75) is 36.2 Å². The highest BCUT2D eigenvalue weighted by Gasteiger charge is 2.35. The Morgan fingerprint density at radius 3 is 2.67 bits per heavy atom. The molecule has 1 saturated carbocycles. The van der Waals surface area contributed by atoms with E-state index in [0.29, 0.717) is 21.3 Å². The number of carbonyl (C=O) groups is 1. The maximum Gasteiger partial charge on any atom is 0.347 e. The molecule has 2 heterocycles. The van der Waals surface area contributed by atoms with Crippen LogP contribution in [0.25, 0.3) is 0 Å². The molecule has 1 aliphatic carbocycles. The van der Waals surface area contributed by atoms with E-state index in [-0.39, 0.29) is 0 Å². The van der Waals surface area contributed by atoms with Gasteiger partial charge >= 0.3 is 5.97 Å². The van der Waals surface area contributed by atoms with E-state index < -0.39 is 5.97 Å². The van der Waals surface area contributed by atoms with E-state index in [1.165, 1.54) is 17.1 Å². The largest absolute Gasteiger partial charge is 0.477 e. The Labute approximate surface area is 119 Å². The van der Waals surface area contributed by atoms with Crippen LogP contribution in [0.4, 0.5) is 0 Å². The van der Waals surface area contributed by atoms with Gasteiger partial charge in [0, 0.05) is 22.7 Å². The van der Waals surface area contributed by atoms with E-state index >= 15 is 0 Å². The Balaban J connectivity index is 1.92. The first-order chi connectivity index (χ1) is 8.66. The quantitative estimate of drug-likeness (QED) is 0.924. The van der Waals surface area contributed by atoms with Gasteiger partial charge in [-0.15, -0.1) is 23.1 Å². The predicted octanol–water partition coefficient (Wildman–Crippen LogP) is 3.63. The van der Waals surface area contributed by atoms with Gasteiger partial charge in [-0.25, -0.2) is 9.78 Å². The first kappa shape index (κ1) is 12.8. The first-order valence-corrected chi connectivity index (χ1v) is 9.05. The van der Waals surface area contributed by atoms with Crippen molar-refractivity contribution in [2.24, 2.45) is 0 Å². The number of hydrogen-bond acceptors (Lipinski definition) is 5. The molecule has 98 valence electrons. The summed E-state index contributed by atoms with van der Waals surface area (Å²) in [7, 11) is 0. The minimum atomic E-state index is -0.804. The van der Waals surface area contributed by atoms with Gasteiger partial charge in [-0.05, 0) is 12.8 Å². The average molecular weight is 301 g/mol. The van der Waals surface area contributed by atoms with Crippen LogP contribution in [0, 0.1) is 0 Å². The first-order valence-electron chi connectivity index (χ1n) is 6.14. The smallest absolute Gasteiger partial charge is 0.347 e. The molecule has 0 aromatic carbocycles. The highest BCUT2D eigenvalue weighted by atomic mass is 32.2. The number of rotatable bonds is 3. The van der Waals surface area contributed by atoms with E-state index in [9.17, 15) is 9.90 Å². The maximum absolute atomic E-state index is 11.3. The summed E-state index contributed by atoms with van der Waals surface area (Å²) in [5.74, 6) is 1.94. The number of thioether (sulfide) groups is 2. The Kier molecular flexibility index (Phi) is 3.60. The molecule has 0 amide bonds. The van der Waals surface area contributed by atoms with Crippen molar-refractivity contribution in [1.82, 2.24) is 4.98 Å². The third-order valence-electron chi connectivity index (χ3n) is 3.26. The molecular formula is C12H15NO2S3. The molecule has 0 bridgehead atoms. The number of hydrogen-bond donors (Lipinski definition) is 1. The van der Waals surface area contributed by atoms with Gasteiger partial charge < -0.3 is 5.11 Å². The number of carboxylic acids is 1. The number of aromatic nitrogens is 1. The molecule has 2 fully saturated rings. The molecule has 1 saturated heterocycles. The number of carboxylic acid groups (broad SMARTS) is 1. The van der Waals surface area contributed by atoms with Crippen LogP contribution >= 0.6 is 34.9 Å². The summed E-state index contributed by atoms with van der Waals surface area (Å²) in [6.45, 7) is 2.22. The fraction of sp³-hybridized carbons (Fsp3) is 0.667. The van der Waals surface area contributed by atoms with Gasteiger partial charge in [0.2, 0.25) is 0 Å². The van der Waals surface area contributed by atoms with Crippen molar-refractivity contribution in [3.63, 3.8) is 0 Å². The van der Waals surface area contributed by atoms with Crippen LogP contribution in [-0.2, 0) is 0 Å². The lowest BCUT2D eigenvalue weighted by atomic mass is 10.2. The lowest BCUT2D eigenvalue weighted by Crippen LogP contribution is -2.15. The van der Waals surface area contributed by atoms with Crippen LogP contribution in [0.2, 0.25) is 0 Å². The molecular weight excluding hydrogens is 286 g/mol. The molecule has 0 spiro atoms. The van der Waals surface area contributed by atoms with Gasteiger partial charge in [0.25, 0.3) is 0 Å². The summed E-state index contributed by atoms with van der Waals surface area (Å²) < 4.78 is 0. The number of nitrogens with zero attached hydrogens (tertiary/aromatic N) is 1. The van der Waals surface area contributed by atoms with Gasteiger partial charge in [-0.3, -0.25) is 0 Å². The third kappa shape index (κ3) is 2.42. The Hall–Kier alpha value is -0.200. The molecule has 3 nitrogen and oxygen atoms in total. The van der Waals surface area contributed by atoms with Gasteiger partial charge in [0.15, 0.2) is 0 Å². The number of thiazole rings is 1. The predicted molar refractivity (Wildman–Crippen MR) is 78.2 cm³/mol. The van der Waals surface area contributed by atoms with Gasteiger partial charge in [0.05, 0.1) is 10.9 Å². The Morgan fingerprint density at radius 1 is 1.33 bits per heavy atom. The molecule has 2 atom stereocenters. The second-order valence-corrected chi connectivity index (χ2v) is 8.48. The van der Waals surface area contributed by atoms with E-state index in [4.69, 9.17) is 0 Å². The summed E-state index contributed by atoms with van der Waals surface area (Å²) in [4.78, 5) is 16.4. The van der Waals surface area contributed by atoms with Crippen molar-refractivity contribution >= 4 is 40.8 Å².